The molecular formula is C18H17N5O. The first kappa shape index (κ1) is 14.7. The fourth-order valence-electron chi connectivity index (χ4n) is 3.07. The van der Waals surface area contributed by atoms with Crippen molar-refractivity contribution in [3.8, 4) is 17.3 Å². The Morgan fingerprint density at radius 1 is 1.17 bits per heavy atom. The molecule has 6 heteroatoms. The molecular weight excluding hydrogens is 302 g/mol. The lowest BCUT2D eigenvalue weighted by Crippen LogP contribution is -2.22. The van der Waals surface area contributed by atoms with Crippen LogP contribution in [-0.4, -0.2) is 26.4 Å². The van der Waals surface area contributed by atoms with Crippen LogP contribution in [0.2, 0.25) is 0 Å². The number of benzene rings is 1. The van der Waals surface area contributed by atoms with Crippen LogP contribution in [0.3, 0.4) is 0 Å². The Balaban J connectivity index is 1.49. The summed E-state index contributed by atoms with van der Waals surface area (Å²) >= 11 is 0. The lowest BCUT2D eigenvalue weighted by molar-refractivity contribution is 0.226. The molecule has 0 fully saturated rings. The van der Waals surface area contributed by atoms with Gasteiger partial charge in [0.2, 0.25) is 0 Å². The summed E-state index contributed by atoms with van der Waals surface area (Å²) < 4.78 is 7.45. The predicted octanol–water partition coefficient (Wildman–Crippen LogP) is 2.82. The van der Waals surface area contributed by atoms with Crippen LogP contribution in [-0.2, 0) is 19.6 Å². The Morgan fingerprint density at radius 2 is 2.04 bits per heavy atom. The molecule has 1 aliphatic rings. The van der Waals surface area contributed by atoms with Crippen LogP contribution in [0.15, 0.2) is 47.0 Å². The second-order valence-electron chi connectivity index (χ2n) is 5.96. The molecule has 0 atom stereocenters. The first-order valence-corrected chi connectivity index (χ1v) is 8.02. The number of fused-ring (bicyclic) bond motifs is 1. The van der Waals surface area contributed by atoms with E-state index < -0.39 is 0 Å². The van der Waals surface area contributed by atoms with Gasteiger partial charge in [-0.3, -0.25) is 9.58 Å². The Kier molecular flexibility index (Phi) is 3.85. The van der Waals surface area contributed by atoms with Crippen LogP contribution < -0.4 is 0 Å². The number of hydrogen-bond acceptors (Lipinski definition) is 5. The maximum Gasteiger partial charge on any atom is 0.162 e. The summed E-state index contributed by atoms with van der Waals surface area (Å²) in [6, 6.07) is 16.0. The van der Waals surface area contributed by atoms with Crippen LogP contribution in [0.5, 0.6) is 0 Å². The molecule has 0 saturated carbocycles. The summed E-state index contributed by atoms with van der Waals surface area (Å²) in [6.45, 7) is 3.27. The molecule has 0 aliphatic carbocycles. The number of nitrogens with zero attached hydrogens (tertiary/aromatic N) is 5. The van der Waals surface area contributed by atoms with E-state index in [4.69, 9.17) is 9.78 Å². The molecule has 1 aliphatic heterocycles. The molecule has 6 nitrogen and oxygen atoms in total. The van der Waals surface area contributed by atoms with Gasteiger partial charge in [0.05, 0.1) is 12.2 Å². The summed E-state index contributed by atoms with van der Waals surface area (Å²) in [5.74, 6) is 0.849. The highest BCUT2D eigenvalue weighted by molar-refractivity contribution is 5.58. The van der Waals surface area contributed by atoms with Gasteiger partial charge in [0, 0.05) is 31.3 Å². The zero-order chi connectivity index (χ0) is 16.4. The lowest BCUT2D eigenvalue weighted by atomic mass is 10.1. The quantitative estimate of drug-likeness (QED) is 0.742. The van der Waals surface area contributed by atoms with Crippen LogP contribution in [0.1, 0.15) is 23.6 Å². The van der Waals surface area contributed by atoms with Crippen molar-refractivity contribution in [1.82, 2.24) is 19.8 Å². The third-order valence-corrected chi connectivity index (χ3v) is 4.22. The van der Waals surface area contributed by atoms with E-state index in [-0.39, 0.29) is 0 Å². The summed E-state index contributed by atoms with van der Waals surface area (Å²) in [7, 11) is 0. The van der Waals surface area contributed by atoms with Crippen LogP contribution in [0.25, 0.3) is 11.3 Å². The topological polar surface area (TPSA) is 70.9 Å². The molecule has 4 rings (SSSR count). The monoisotopic (exact) mass is 319 g/mol. The summed E-state index contributed by atoms with van der Waals surface area (Å²) in [6.07, 6.45) is 0.999. The minimum absolute atomic E-state index is 0.484. The minimum atomic E-state index is 0.484. The van der Waals surface area contributed by atoms with Crippen molar-refractivity contribution >= 4 is 0 Å². The third kappa shape index (κ3) is 2.94. The summed E-state index contributed by atoms with van der Waals surface area (Å²) in [5, 5.41) is 17.5. The molecule has 1 aromatic carbocycles. The second kappa shape index (κ2) is 6.30. The Bertz CT molecular complexity index is 874. The van der Waals surface area contributed by atoms with Crippen molar-refractivity contribution < 1.29 is 4.52 Å². The maximum atomic E-state index is 9.01. The second-order valence-corrected chi connectivity index (χ2v) is 5.96. The SMILES string of the molecule is N#Cc1cc2n(n1)CCCN(Cc1cc(-c3ccccc3)no1)C2. The van der Waals surface area contributed by atoms with E-state index in [0.717, 1.165) is 48.8 Å². The number of rotatable bonds is 3. The Labute approximate surface area is 139 Å². The molecule has 0 radical (unpaired) electrons. The summed E-state index contributed by atoms with van der Waals surface area (Å²) in [4.78, 5) is 2.30. The smallest absolute Gasteiger partial charge is 0.162 e. The standard InChI is InChI=1S/C18H17N5O/c19-11-15-9-16-12-22(7-4-8-23(16)20-15)13-17-10-18(21-24-17)14-5-2-1-3-6-14/h1-3,5-6,9-10H,4,7-8,12-13H2. The zero-order valence-electron chi connectivity index (χ0n) is 13.2. The van der Waals surface area contributed by atoms with Crippen molar-refractivity contribution in [2.24, 2.45) is 0 Å². The molecule has 0 spiro atoms. The fourth-order valence-corrected chi connectivity index (χ4v) is 3.07. The van der Waals surface area contributed by atoms with E-state index in [1.165, 1.54) is 0 Å². The average molecular weight is 319 g/mol. The van der Waals surface area contributed by atoms with Crippen LogP contribution >= 0.6 is 0 Å². The van der Waals surface area contributed by atoms with Gasteiger partial charge in [0.15, 0.2) is 11.5 Å². The number of nitriles is 1. The van der Waals surface area contributed by atoms with Crippen molar-refractivity contribution in [2.45, 2.75) is 26.1 Å². The number of hydrogen-bond donors (Lipinski definition) is 0. The molecule has 2 aromatic heterocycles. The number of aryl methyl sites for hydroxylation is 1. The van der Waals surface area contributed by atoms with Gasteiger partial charge >= 0.3 is 0 Å². The molecule has 0 N–H and O–H groups in total. The van der Waals surface area contributed by atoms with E-state index in [1.54, 1.807) is 0 Å². The first-order chi connectivity index (χ1) is 11.8. The van der Waals surface area contributed by atoms with Crippen LogP contribution in [0, 0.1) is 11.3 Å². The molecule has 0 unspecified atom stereocenters. The largest absolute Gasteiger partial charge is 0.359 e. The van der Waals surface area contributed by atoms with Gasteiger partial charge in [-0.05, 0) is 12.5 Å². The Hall–Kier alpha value is -2.91. The van der Waals surface area contributed by atoms with Gasteiger partial charge in [-0.25, -0.2) is 0 Å². The van der Waals surface area contributed by atoms with Crippen molar-refractivity contribution in [1.29, 1.82) is 5.26 Å². The van der Waals surface area contributed by atoms with Crippen molar-refractivity contribution in [2.75, 3.05) is 6.54 Å². The Morgan fingerprint density at radius 3 is 2.88 bits per heavy atom. The van der Waals surface area contributed by atoms with Crippen LogP contribution in [0.4, 0.5) is 0 Å². The van der Waals surface area contributed by atoms with Gasteiger partial charge in [-0.1, -0.05) is 35.5 Å². The number of aromatic nitrogens is 3. The van der Waals surface area contributed by atoms with E-state index in [2.05, 4.69) is 21.2 Å². The van der Waals surface area contributed by atoms with E-state index >= 15 is 0 Å². The normalized spacial score (nSPS) is 14.8. The van der Waals surface area contributed by atoms with E-state index in [0.29, 0.717) is 12.2 Å². The van der Waals surface area contributed by atoms with E-state index in [1.807, 2.05) is 47.1 Å². The lowest BCUT2D eigenvalue weighted by Gasteiger charge is -2.17. The van der Waals surface area contributed by atoms with Gasteiger partial charge < -0.3 is 4.52 Å². The molecule has 0 bridgehead atoms. The molecule has 120 valence electrons. The fraction of sp³-hybridized carbons (Fsp3) is 0.278. The molecule has 3 aromatic rings. The highest BCUT2D eigenvalue weighted by Crippen LogP contribution is 2.21. The predicted molar refractivity (Wildman–Crippen MR) is 87.6 cm³/mol. The third-order valence-electron chi connectivity index (χ3n) is 4.22. The molecule has 24 heavy (non-hydrogen) atoms. The highest BCUT2D eigenvalue weighted by Gasteiger charge is 2.18. The van der Waals surface area contributed by atoms with Gasteiger partial charge in [0.1, 0.15) is 11.8 Å². The van der Waals surface area contributed by atoms with E-state index in [9.17, 15) is 0 Å². The first-order valence-electron chi connectivity index (χ1n) is 8.02. The minimum Gasteiger partial charge on any atom is -0.359 e. The molecule has 0 saturated heterocycles. The molecule has 3 heterocycles. The van der Waals surface area contributed by atoms with Gasteiger partial charge in [-0.2, -0.15) is 10.4 Å². The summed E-state index contributed by atoms with van der Waals surface area (Å²) in [5.41, 5.74) is 3.47. The average Bonchev–Trinajstić information content (AvgIpc) is 3.19. The zero-order valence-corrected chi connectivity index (χ0v) is 13.2. The van der Waals surface area contributed by atoms with Gasteiger partial charge in [0.25, 0.3) is 0 Å². The maximum absolute atomic E-state index is 9.01. The van der Waals surface area contributed by atoms with Gasteiger partial charge in [-0.15, -0.1) is 0 Å². The highest BCUT2D eigenvalue weighted by atomic mass is 16.5. The van der Waals surface area contributed by atoms with Crippen molar-refractivity contribution in [3.63, 3.8) is 0 Å². The molecule has 0 amide bonds. The van der Waals surface area contributed by atoms with Crippen molar-refractivity contribution in [3.05, 3.63) is 59.6 Å².